The zero-order valence-corrected chi connectivity index (χ0v) is 11.0. The fourth-order valence-electron chi connectivity index (χ4n) is 2.18. The van der Waals surface area contributed by atoms with E-state index in [-0.39, 0.29) is 37.9 Å². The number of carboxylic acids is 1. The molecule has 2 fully saturated rings. The van der Waals surface area contributed by atoms with Crippen LogP contribution in [0.25, 0.3) is 0 Å². The molecule has 8 heteroatoms. The average molecular weight is 285 g/mol. The molecule has 1 saturated carbocycles. The van der Waals surface area contributed by atoms with Gasteiger partial charge in [-0.1, -0.05) is 0 Å². The van der Waals surface area contributed by atoms with Crippen LogP contribution in [0.2, 0.25) is 0 Å². The minimum atomic E-state index is -1.14. The van der Waals surface area contributed by atoms with Crippen molar-refractivity contribution >= 4 is 17.9 Å². The molecule has 4 N–H and O–H groups in total. The van der Waals surface area contributed by atoms with Gasteiger partial charge in [0.2, 0.25) is 5.91 Å². The monoisotopic (exact) mass is 285 g/mol. The van der Waals surface area contributed by atoms with Gasteiger partial charge in [-0.15, -0.1) is 0 Å². The second kappa shape index (κ2) is 6.08. The van der Waals surface area contributed by atoms with Crippen LogP contribution in [0, 0.1) is 0 Å². The van der Waals surface area contributed by atoms with Gasteiger partial charge in [0.15, 0.2) is 0 Å². The number of aliphatic hydroxyl groups excluding tert-OH is 1. The molecule has 20 heavy (non-hydrogen) atoms. The van der Waals surface area contributed by atoms with E-state index in [4.69, 9.17) is 5.11 Å². The Morgan fingerprint density at radius 3 is 2.55 bits per heavy atom. The Morgan fingerprint density at radius 2 is 1.95 bits per heavy atom. The number of carboxylic acid groups (broad SMARTS) is 1. The maximum absolute atomic E-state index is 11.8. The summed E-state index contributed by atoms with van der Waals surface area (Å²) in [5, 5.41) is 23.7. The third-order valence-corrected chi connectivity index (χ3v) is 3.40. The standard InChI is InChI=1S/C12H19N3O5/c16-8-5-9(11(18)19)15(6-8)12(20)13-4-3-10(17)14-7-1-2-7/h7-9,16H,1-6H2,(H,13,20)(H,14,17)(H,18,19)/t8?,9-/m0/s1. The number of nitrogens with zero attached hydrogens (tertiary/aromatic N) is 1. The number of carbonyl (C=O) groups excluding carboxylic acids is 2. The second-order valence-corrected chi connectivity index (χ2v) is 5.22. The van der Waals surface area contributed by atoms with Gasteiger partial charge in [-0.05, 0) is 12.8 Å². The lowest BCUT2D eigenvalue weighted by atomic mass is 10.2. The van der Waals surface area contributed by atoms with Crippen LogP contribution in [0.3, 0.4) is 0 Å². The van der Waals surface area contributed by atoms with Crippen LogP contribution in [0.1, 0.15) is 25.7 Å². The minimum Gasteiger partial charge on any atom is -0.480 e. The second-order valence-electron chi connectivity index (χ2n) is 5.22. The molecule has 0 spiro atoms. The third-order valence-electron chi connectivity index (χ3n) is 3.40. The first kappa shape index (κ1) is 14.6. The number of hydrogen-bond acceptors (Lipinski definition) is 4. The molecule has 1 heterocycles. The Hall–Kier alpha value is -1.83. The summed E-state index contributed by atoms with van der Waals surface area (Å²) in [5.74, 6) is -1.26. The highest BCUT2D eigenvalue weighted by atomic mass is 16.4. The van der Waals surface area contributed by atoms with Gasteiger partial charge in [-0.3, -0.25) is 4.79 Å². The van der Waals surface area contributed by atoms with Crippen molar-refractivity contribution in [1.82, 2.24) is 15.5 Å². The van der Waals surface area contributed by atoms with Gasteiger partial charge >= 0.3 is 12.0 Å². The zero-order chi connectivity index (χ0) is 14.7. The normalized spacial score (nSPS) is 25.4. The van der Waals surface area contributed by atoms with Crippen LogP contribution in [0.15, 0.2) is 0 Å². The lowest BCUT2D eigenvalue weighted by molar-refractivity contribution is -0.141. The lowest BCUT2D eigenvalue weighted by Gasteiger charge is -2.21. The number of likely N-dealkylation sites (tertiary alicyclic amines) is 1. The van der Waals surface area contributed by atoms with Gasteiger partial charge in [-0.25, -0.2) is 9.59 Å². The summed E-state index contributed by atoms with van der Waals surface area (Å²) in [6.07, 6.45) is 1.38. The SMILES string of the molecule is O=C(CCNC(=O)N1CC(O)C[C@H]1C(=O)O)NC1CC1. The summed E-state index contributed by atoms with van der Waals surface area (Å²) < 4.78 is 0. The van der Waals surface area contributed by atoms with Gasteiger partial charge in [-0.2, -0.15) is 0 Å². The Balaban J connectivity index is 1.73. The molecule has 2 rings (SSSR count). The number of carbonyl (C=O) groups is 3. The molecule has 0 aromatic rings. The molecule has 1 aliphatic carbocycles. The first-order chi connectivity index (χ1) is 9.47. The van der Waals surface area contributed by atoms with E-state index in [1.54, 1.807) is 0 Å². The highest BCUT2D eigenvalue weighted by Crippen LogP contribution is 2.19. The third kappa shape index (κ3) is 3.83. The average Bonchev–Trinajstić information content (AvgIpc) is 3.08. The largest absolute Gasteiger partial charge is 0.480 e. The molecular weight excluding hydrogens is 266 g/mol. The predicted octanol–water partition coefficient (Wildman–Crippen LogP) is -1.12. The van der Waals surface area contributed by atoms with Crippen molar-refractivity contribution < 1.29 is 24.6 Å². The van der Waals surface area contributed by atoms with E-state index in [0.717, 1.165) is 17.7 Å². The van der Waals surface area contributed by atoms with E-state index in [0.29, 0.717) is 0 Å². The van der Waals surface area contributed by atoms with E-state index in [1.165, 1.54) is 0 Å². The van der Waals surface area contributed by atoms with Crippen molar-refractivity contribution in [3.63, 3.8) is 0 Å². The topological polar surface area (TPSA) is 119 Å². The summed E-state index contributed by atoms with van der Waals surface area (Å²) in [6, 6.07) is -1.29. The van der Waals surface area contributed by atoms with Gasteiger partial charge in [0.1, 0.15) is 6.04 Å². The Kier molecular flexibility index (Phi) is 4.43. The molecule has 0 radical (unpaired) electrons. The highest BCUT2D eigenvalue weighted by molar-refractivity contribution is 5.84. The van der Waals surface area contributed by atoms with E-state index < -0.39 is 24.1 Å². The molecule has 8 nitrogen and oxygen atoms in total. The fraction of sp³-hybridized carbons (Fsp3) is 0.750. The van der Waals surface area contributed by atoms with Crippen molar-refractivity contribution in [2.45, 2.75) is 43.9 Å². The molecule has 0 aromatic heterocycles. The van der Waals surface area contributed by atoms with E-state index in [2.05, 4.69) is 10.6 Å². The number of aliphatic hydroxyl groups is 1. The maximum Gasteiger partial charge on any atom is 0.326 e. The molecule has 3 amide bonds. The molecule has 1 saturated heterocycles. The fourth-order valence-corrected chi connectivity index (χ4v) is 2.18. The van der Waals surface area contributed by atoms with Crippen LogP contribution < -0.4 is 10.6 Å². The van der Waals surface area contributed by atoms with Crippen LogP contribution in [-0.4, -0.2) is 64.3 Å². The number of β-amino-alcohol motifs (C(OH)–C–C–N with tert-alkyl or cyclic N) is 1. The van der Waals surface area contributed by atoms with Gasteiger partial charge in [0.05, 0.1) is 6.10 Å². The number of amides is 3. The predicted molar refractivity (Wildman–Crippen MR) is 67.9 cm³/mol. The summed E-state index contributed by atoms with van der Waals surface area (Å²) in [7, 11) is 0. The van der Waals surface area contributed by atoms with E-state index in [1.807, 2.05) is 0 Å². The number of urea groups is 1. The van der Waals surface area contributed by atoms with Crippen LogP contribution in [0.4, 0.5) is 4.79 Å². The Morgan fingerprint density at radius 1 is 1.25 bits per heavy atom. The summed E-state index contributed by atoms with van der Waals surface area (Å²) >= 11 is 0. The van der Waals surface area contributed by atoms with Crippen molar-refractivity contribution in [2.75, 3.05) is 13.1 Å². The first-order valence-corrected chi connectivity index (χ1v) is 6.72. The smallest absolute Gasteiger partial charge is 0.326 e. The summed E-state index contributed by atoms with van der Waals surface area (Å²) in [4.78, 5) is 35.3. The quantitative estimate of drug-likeness (QED) is 0.510. The van der Waals surface area contributed by atoms with E-state index >= 15 is 0 Å². The molecule has 2 aliphatic rings. The molecule has 0 bridgehead atoms. The number of nitrogens with one attached hydrogen (secondary N) is 2. The Labute approximate surface area is 116 Å². The molecule has 0 aromatic carbocycles. The van der Waals surface area contributed by atoms with Gasteiger partial charge in [0, 0.05) is 32.0 Å². The molecular formula is C12H19N3O5. The lowest BCUT2D eigenvalue weighted by Crippen LogP contribution is -2.46. The van der Waals surface area contributed by atoms with Crippen LogP contribution in [-0.2, 0) is 9.59 Å². The number of rotatable bonds is 5. The van der Waals surface area contributed by atoms with Crippen molar-refractivity contribution in [1.29, 1.82) is 0 Å². The van der Waals surface area contributed by atoms with Crippen LogP contribution in [0.5, 0.6) is 0 Å². The van der Waals surface area contributed by atoms with Crippen LogP contribution >= 0.6 is 0 Å². The van der Waals surface area contributed by atoms with E-state index in [9.17, 15) is 19.5 Å². The molecule has 112 valence electrons. The summed E-state index contributed by atoms with van der Waals surface area (Å²) in [5.41, 5.74) is 0. The van der Waals surface area contributed by atoms with Crippen molar-refractivity contribution in [2.24, 2.45) is 0 Å². The first-order valence-electron chi connectivity index (χ1n) is 6.72. The Bertz CT molecular complexity index is 410. The number of aliphatic carboxylic acids is 1. The molecule has 2 atom stereocenters. The van der Waals surface area contributed by atoms with Gasteiger partial charge < -0.3 is 25.7 Å². The molecule has 1 aliphatic heterocycles. The summed E-state index contributed by atoms with van der Waals surface area (Å²) in [6.45, 7) is 0.146. The maximum atomic E-state index is 11.8. The molecule has 1 unspecified atom stereocenters. The highest BCUT2D eigenvalue weighted by Gasteiger charge is 2.38. The van der Waals surface area contributed by atoms with Crippen molar-refractivity contribution in [3.8, 4) is 0 Å². The number of hydrogen-bond donors (Lipinski definition) is 4. The minimum absolute atomic E-state index is 0.00291. The van der Waals surface area contributed by atoms with Crippen molar-refractivity contribution in [3.05, 3.63) is 0 Å². The van der Waals surface area contributed by atoms with Gasteiger partial charge in [0.25, 0.3) is 0 Å². The zero-order valence-electron chi connectivity index (χ0n) is 11.0.